The highest BCUT2D eigenvalue weighted by Crippen LogP contribution is 2.35. The van der Waals surface area contributed by atoms with Gasteiger partial charge in [0.15, 0.2) is 17.3 Å². The normalized spacial score (nSPS) is 16.9. The topological polar surface area (TPSA) is 73.2 Å². The van der Waals surface area contributed by atoms with Crippen molar-refractivity contribution >= 4 is 5.91 Å². The summed E-state index contributed by atoms with van der Waals surface area (Å²) < 4.78 is 21.7. The van der Waals surface area contributed by atoms with Crippen LogP contribution in [0.4, 0.5) is 0 Å². The van der Waals surface area contributed by atoms with Crippen molar-refractivity contribution in [1.29, 1.82) is 0 Å². The summed E-state index contributed by atoms with van der Waals surface area (Å²) in [7, 11) is 0. The van der Waals surface area contributed by atoms with Gasteiger partial charge in [-0.25, -0.2) is 0 Å². The Labute approximate surface area is 164 Å². The van der Waals surface area contributed by atoms with Crippen LogP contribution >= 0.6 is 0 Å². The van der Waals surface area contributed by atoms with Gasteiger partial charge in [0.05, 0.1) is 12.9 Å². The minimum Gasteiger partial charge on any atom is -0.493 e. The molecule has 4 rings (SSSR count). The lowest BCUT2D eigenvalue weighted by Gasteiger charge is -2.32. The van der Waals surface area contributed by atoms with Crippen molar-refractivity contribution < 1.29 is 23.4 Å². The first-order valence-electron chi connectivity index (χ1n) is 9.79. The van der Waals surface area contributed by atoms with Crippen LogP contribution in [0.3, 0.4) is 0 Å². The van der Waals surface area contributed by atoms with Crippen LogP contribution in [0.15, 0.2) is 34.9 Å². The molecule has 1 amide bonds. The number of likely N-dealkylation sites (tertiary alicyclic amines) is 1. The van der Waals surface area contributed by atoms with Gasteiger partial charge in [-0.3, -0.25) is 4.79 Å². The summed E-state index contributed by atoms with van der Waals surface area (Å²) >= 11 is 0. The van der Waals surface area contributed by atoms with E-state index in [4.69, 9.17) is 18.6 Å². The number of nitrogens with one attached hydrogen (secondary N) is 1. The maximum atomic E-state index is 12.2. The van der Waals surface area contributed by atoms with E-state index in [1.165, 1.54) is 0 Å². The minimum atomic E-state index is -0.113. The second kappa shape index (κ2) is 8.56. The minimum absolute atomic E-state index is 0.113. The molecule has 0 unspecified atom stereocenters. The molecule has 2 aliphatic heterocycles. The molecule has 1 N–H and O–H groups in total. The van der Waals surface area contributed by atoms with Gasteiger partial charge in [-0.2, -0.15) is 0 Å². The van der Waals surface area contributed by atoms with E-state index >= 15 is 0 Å². The highest BCUT2D eigenvalue weighted by Gasteiger charge is 2.22. The zero-order valence-electron chi connectivity index (χ0n) is 16.1. The molecule has 2 aromatic rings. The number of furan rings is 1. The predicted octanol–water partition coefficient (Wildman–Crippen LogP) is 2.98. The molecule has 28 heavy (non-hydrogen) atoms. The number of carbonyl (C=O) groups excluding carboxylic acids is 1. The van der Waals surface area contributed by atoms with Gasteiger partial charge < -0.3 is 28.8 Å². The monoisotopic (exact) mass is 386 g/mol. The molecule has 1 saturated heterocycles. The van der Waals surface area contributed by atoms with Gasteiger partial charge in [-0.1, -0.05) is 0 Å². The molecule has 0 bridgehead atoms. The largest absolute Gasteiger partial charge is 0.493 e. The predicted molar refractivity (Wildman–Crippen MR) is 103 cm³/mol. The van der Waals surface area contributed by atoms with Gasteiger partial charge in [-0.05, 0) is 44.4 Å². The summed E-state index contributed by atoms with van der Waals surface area (Å²) in [6.45, 7) is 5.76. The number of fused-ring (bicyclic) bond motifs is 1. The van der Waals surface area contributed by atoms with E-state index in [9.17, 15) is 4.79 Å². The molecule has 7 heteroatoms. The van der Waals surface area contributed by atoms with E-state index in [1.807, 2.05) is 31.2 Å². The Bertz CT molecular complexity index is 811. The molecule has 150 valence electrons. The molecular weight excluding hydrogens is 360 g/mol. The fourth-order valence-corrected chi connectivity index (χ4v) is 3.60. The lowest BCUT2D eigenvalue weighted by molar-refractivity contribution is 0.0881. The zero-order chi connectivity index (χ0) is 19.3. The Morgan fingerprint density at radius 2 is 2.04 bits per heavy atom. The smallest absolute Gasteiger partial charge is 0.287 e. The third kappa shape index (κ3) is 4.42. The lowest BCUT2D eigenvalue weighted by atomic mass is 10.0. The van der Waals surface area contributed by atoms with E-state index in [2.05, 4.69) is 10.2 Å². The van der Waals surface area contributed by atoms with Crippen LogP contribution in [-0.2, 0) is 0 Å². The Morgan fingerprint density at radius 1 is 1.21 bits per heavy atom. The number of amides is 1. The van der Waals surface area contributed by atoms with Crippen molar-refractivity contribution in [2.45, 2.75) is 32.2 Å². The Hall–Kier alpha value is -2.67. The molecule has 7 nitrogen and oxygen atoms in total. The number of hydrogen-bond acceptors (Lipinski definition) is 6. The molecule has 1 aromatic carbocycles. The number of nitrogens with zero attached hydrogens (tertiary/aromatic N) is 1. The van der Waals surface area contributed by atoms with Crippen molar-refractivity contribution in [3.8, 4) is 17.2 Å². The maximum Gasteiger partial charge on any atom is 0.287 e. The SMILES string of the molecule is Cc1ccoc1C(=O)NC1CCN(CCCOc2ccc3c(c2)OCO3)CC1. The fraction of sp³-hybridized carbons (Fsp3) is 0.476. The summed E-state index contributed by atoms with van der Waals surface area (Å²) in [5, 5.41) is 3.09. The van der Waals surface area contributed by atoms with Crippen LogP contribution in [-0.4, -0.2) is 49.9 Å². The number of hydrogen-bond donors (Lipinski definition) is 1. The molecule has 3 heterocycles. The molecule has 1 aromatic heterocycles. The summed E-state index contributed by atoms with van der Waals surface area (Å²) in [5.41, 5.74) is 0.873. The Morgan fingerprint density at radius 3 is 2.82 bits per heavy atom. The van der Waals surface area contributed by atoms with Gasteiger partial charge >= 0.3 is 0 Å². The third-order valence-electron chi connectivity index (χ3n) is 5.22. The number of ether oxygens (including phenoxy) is 3. The Kier molecular flexibility index (Phi) is 5.71. The van der Waals surface area contributed by atoms with Crippen LogP contribution < -0.4 is 19.5 Å². The number of benzene rings is 1. The highest BCUT2D eigenvalue weighted by molar-refractivity contribution is 5.92. The average Bonchev–Trinajstić information content (AvgIpc) is 3.34. The van der Waals surface area contributed by atoms with Crippen LogP contribution in [0.2, 0.25) is 0 Å². The zero-order valence-corrected chi connectivity index (χ0v) is 16.1. The van der Waals surface area contributed by atoms with E-state index in [0.717, 1.165) is 61.7 Å². The van der Waals surface area contributed by atoms with Gasteiger partial charge in [0.25, 0.3) is 5.91 Å². The van der Waals surface area contributed by atoms with E-state index in [0.29, 0.717) is 12.4 Å². The molecule has 0 aliphatic carbocycles. The number of rotatable bonds is 7. The lowest BCUT2D eigenvalue weighted by Crippen LogP contribution is -2.45. The van der Waals surface area contributed by atoms with E-state index in [-0.39, 0.29) is 18.7 Å². The highest BCUT2D eigenvalue weighted by atomic mass is 16.7. The Balaban J connectivity index is 1.13. The van der Waals surface area contributed by atoms with Gasteiger partial charge in [0, 0.05) is 37.3 Å². The van der Waals surface area contributed by atoms with Crippen LogP contribution in [0, 0.1) is 6.92 Å². The maximum absolute atomic E-state index is 12.2. The van der Waals surface area contributed by atoms with Crippen LogP contribution in [0.25, 0.3) is 0 Å². The van der Waals surface area contributed by atoms with Gasteiger partial charge in [0.1, 0.15) is 5.75 Å². The molecule has 0 atom stereocenters. The molecule has 0 saturated carbocycles. The number of aryl methyl sites for hydroxylation is 1. The van der Waals surface area contributed by atoms with Crippen molar-refractivity contribution in [3.05, 3.63) is 41.9 Å². The molecule has 1 fully saturated rings. The molecule has 2 aliphatic rings. The van der Waals surface area contributed by atoms with Crippen molar-refractivity contribution in [3.63, 3.8) is 0 Å². The second-order valence-electron chi connectivity index (χ2n) is 7.24. The first kappa shape index (κ1) is 18.7. The second-order valence-corrected chi connectivity index (χ2v) is 7.24. The summed E-state index contributed by atoms with van der Waals surface area (Å²) in [6, 6.07) is 7.67. The summed E-state index contributed by atoms with van der Waals surface area (Å²) in [6.07, 6.45) is 4.42. The molecule has 0 spiro atoms. The van der Waals surface area contributed by atoms with Crippen molar-refractivity contribution in [2.24, 2.45) is 0 Å². The van der Waals surface area contributed by atoms with Crippen molar-refractivity contribution in [1.82, 2.24) is 10.2 Å². The molecular formula is C21H26N2O5. The summed E-state index contributed by atoms with van der Waals surface area (Å²) in [4.78, 5) is 14.7. The fourth-order valence-electron chi connectivity index (χ4n) is 3.60. The van der Waals surface area contributed by atoms with Gasteiger partial charge in [-0.15, -0.1) is 0 Å². The van der Waals surface area contributed by atoms with Crippen LogP contribution in [0.5, 0.6) is 17.2 Å². The molecule has 0 radical (unpaired) electrons. The van der Waals surface area contributed by atoms with Crippen molar-refractivity contribution in [2.75, 3.05) is 33.0 Å². The number of piperidine rings is 1. The summed E-state index contributed by atoms with van der Waals surface area (Å²) in [5.74, 6) is 2.62. The standard InChI is InChI=1S/C21H26N2O5/c1-15-7-12-26-20(15)21(24)22-16-5-9-23(10-6-16)8-2-11-25-17-3-4-18-19(13-17)28-14-27-18/h3-4,7,12-13,16H,2,5-6,8-11,14H2,1H3,(H,22,24). The van der Waals surface area contributed by atoms with Gasteiger partial charge in [0.2, 0.25) is 6.79 Å². The third-order valence-corrected chi connectivity index (χ3v) is 5.22. The quantitative estimate of drug-likeness (QED) is 0.738. The number of carbonyl (C=O) groups is 1. The van der Waals surface area contributed by atoms with E-state index < -0.39 is 0 Å². The average molecular weight is 386 g/mol. The van der Waals surface area contributed by atoms with E-state index in [1.54, 1.807) is 6.26 Å². The first-order valence-corrected chi connectivity index (χ1v) is 9.79. The van der Waals surface area contributed by atoms with Crippen LogP contribution in [0.1, 0.15) is 35.4 Å². The first-order chi connectivity index (χ1) is 13.7.